The summed E-state index contributed by atoms with van der Waals surface area (Å²) < 4.78 is 65.9. The molecule has 0 amide bonds. The van der Waals surface area contributed by atoms with Gasteiger partial charge in [0.15, 0.2) is 0 Å². The molecule has 3 saturated heterocycles. The molecule has 0 radical (unpaired) electrons. The zero-order chi connectivity index (χ0) is 26.0. The van der Waals surface area contributed by atoms with Crippen LogP contribution in [0.3, 0.4) is 0 Å². The third-order valence-corrected chi connectivity index (χ3v) is 7.07. The van der Waals surface area contributed by atoms with Crippen molar-refractivity contribution in [3.63, 3.8) is 0 Å². The zero-order valence-corrected chi connectivity index (χ0v) is 20.8. The quantitative estimate of drug-likeness (QED) is 0.234. The third kappa shape index (κ3) is 7.64. The number of benzene rings is 2. The van der Waals surface area contributed by atoms with Gasteiger partial charge >= 0.3 is 33.0 Å². The van der Waals surface area contributed by atoms with Crippen molar-refractivity contribution in [2.45, 2.75) is 44.9 Å². The number of pyridine rings is 1. The van der Waals surface area contributed by atoms with Gasteiger partial charge < -0.3 is 4.74 Å². The zero-order valence-electron chi connectivity index (χ0n) is 19.9. The summed E-state index contributed by atoms with van der Waals surface area (Å²) in [5.41, 5.74) is 3.58. The van der Waals surface area contributed by atoms with Crippen molar-refractivity contribution in [1.82, 2.24) is 9.88 Å². The Labute approximate surface area is 206 Å². The van der Waals surface area contributed by atoms with E-state index in [4.69, 9.17) is 4.74 Å². The molecule has 3 aromatic rings. The first-order valence-corrected chi connectivity index (χ1v) is 14.1. The fourth-order valence-corrected chi connectivity index (χ4v) is 5.49. The van der Waals surface area contributed by atoms with Gasteiger partial charge in [0.05, 0.1) is 18.2 Å². The molecular formula is C26H30F6N2OP-. The predicted octanol–water partition coefficient (Wildman–Crippen LogP) is 9.00. The van der Waals surface area contributed by atoms with Crippen LogP contribution < -0.4 is 0 Å². The maximum atomic E-state index is 9.87. The number of halogens is 6. The predicted molar refractivity (Wildman–Crippen MR) is 131 cm³/mol. The summed E-state index contributed by atoms with van der Waals surface area (Å²) in [5, 5.41) is 1.22. The second-order valence-electron chi connectivity index (χ2n) is 9.61. The van der Waals surface area contributed by atoms with E-state index in [1.54, 1.807) is 0 Å². The van der Waals surface area contributed by atoms with Gasteiger partial charge in [-0.3, -0.25) is 9.88 Å². The molecule has 3 fully saturated rings. The summed E-state index contributed by atoms with van der Waals surface area (Å²) in [5.74, 6) is 1.69. The number of hydrogen-bond donors (Lipinski definition) is 0. The fourth-order valence-electron chi connectivity index (χ4n) is 5.49. The summed E-state index contributed by atoms with van der Waals surface area (Å²) in [7, 11) is -10.7. The molecule has 4 unspecified atom stereocenters. The molecule has 0 aliphatic carbocycles. The van der Waals surface area contributed by atoms with Gasteiger partial charge in [-0.2, -0.15) is 0 Å². The molecule has 0 saturated carbocycles. The Morgan fingerprint density at radius 2 is 1.64 bits per heavy atom. The number of fused-ring (bicyclic) bond motifs is 4. The Hall–Kier alpha value is -2.22. The Kier molecular flexibility index (Phi) is 7.14. The van der Waals surface area contributed by atoms with E-state index in [9.17, 15) is 25.2 Å². The fraction of sp³-hybridized carbons (Fsp3) is 0.423. The molecule has 10 heteroatoms. The van der Waals surface area contributed by atoms with Crippen molar-refractivity contribution < 1.29 is 29.9 Å². The summed E-state index contributed by atoms with van der Waals surface area (Å²) in [6.07, 6.45) is 5.90. The number of rotatable bonds is 6. The molecule has 2 bridgehead atoms. The minimum atomic E-state index is -10.7. The third-order valence-electron chi connectivity index (χ3n) is 7.07. The Morgan fingerprint density at radius 1 is 0.972 bits per heavy atom. The van der Waals surface area contributed by atoms with Crippen LogP contribution in [0.5, 0.6) is 0 Å². The van der Waals surface area contributed by atoms with Gasteiger partial charge in [-0.1, -0.05) is 61.9 Å². The molecule has 0 N–H and O–H groups in total. The molecule has 3 aliphatic rings. The number of piperidine rings is 3. The van der Waals surface area contributed by atoms with Crippen LogP contribution in [0, 0.1) is 11.8 Å². The van der Waals surface area contributed by atoms with Crippen molar-refractivity contribution in [2.75, 3.05) is 13.1 Å². The summed E-state index contributed by atoms with van der Waals surface area (Å²) >= 11 is 0. The minimum absolute atomic E-state index is 0.0729. The van der Waals surface area contributed by atoms with Gasteiger partial charge in [-0.15, -0.1) is 0 Å². The molecule has 3 nitrogen and oxygen atoms in total. The van der Waals surface area contributed by atoms with Crippen LogP contribution >= 0.6 is 7.81 Å². The average molecular weight is 532 g/mol. The number of ether oxygens (including phenoxy) is 1. The van der Waals surface area contributed by atoms with E-state index in [1.165, 1.54) is 48.9 Å². The van der Waals surface area contributed by atoms with E-state index in [0.29, 0.717) is 12.6 Å². The van der Waals surface area contributed by atoms with Crippen LogP contribution in [0.2, 0.25) is 0 Å². The van der Waals surface area contributed by atoms with E-state index in [0.717, 1.165) is 17.4 Å². The van der Waals surface area contributed by atoms with Crippen LogP contribution in [0.15, 0.2) is 66.9 Å². The molecular weight excluding hydrogens is 501 g/mol. The van der Waals surface area contributed by atoms with E-state index in [2.05, 4.69) is 77.5 Å². The summed E-state index contributed by atoms with van der Waals surface area (Å²) in [4.78, 5) is 7.30. The van der Waals surface area contributed by atoms with E-state index in [-0.39, 0.29) is 6.10 Å². The average Bonchev–Trinajstić information content (AvgIpc) is 2.83. The molecule has 5 atom stereocenters. The van der Waals surface area contributed by atoms with E-state index < -0.39 is 7.81 Å². The van der Waals surface area contributed by atoms with Gasteiger partial charge in [0.2, 0.25) is 0 Å². The molecule has 0 spiro atoms. The summed E-state index contributed by atoms with van der Waals surface area (Å²) in [6.45, 7) is 5.43. The van der Waals surface area contributed by atoms with Crippen molar-refractivity contribution >= 4 is 18.7 Å². The van der Waals surface area contributed by atoms with Gasteiger partial charge in [0.1, 0.15) is 0 Å². The monoisotopic (exact) mass is 531 g/mol. The van der Waals surface area contributed by atoms with Gasteiger partial charge in [-0.05, 0) is 54.5 Å². The maximum absolute atomic E-state index is 10.7. The number of aromatic nitrogens is 1. The van der Waals surface area contributed by atoms with Crippen molar-refractivity contribution in [3.05, 3.63) is 78.0 Å². The normalized spacial score (nSPS) is 26.4. The number of nitrogens with zero attached hydrogens (tertiary/aromatic N) is 2. The molecule has 1 aromatic heterocycles. The molecule has 4 heterocycles. The van der Waals surface area contributed by atoms with Crippen LogP contribution in [0.25, 0.3) is 10.9 Å². The van der Waals surface area contributed by atoms with Crippen LogP contribution in [0.1, 0.15) is 43.4 Å². The standard InChI is InChI=1S/C26H30N2O.F6P/c1-2-20-17-28-15-13-21(20)16-25(28)26(29-18-19-8-4-3-5-9-19)23-12-14-27-24-11-7-6-10-22(23)24;1-7(2,3,4,5)6/h3-12,14,20-21,25-26H,2,13,15-18H2,1H3;/q;-1/t20?,21?,25?,26-;/m1./s1. The second kappa shape index (κ2) is 9.58. The SMILES string of the molecule is CCC1CN2CCC1CC2[C@H](OCc1ccccc1)c1ccnc2ccccc12.F[P-](F)(F)(F)(F)F. The van der Waals surface area contributed by atoms with Crippen LogP contribution in [-0.2, 0) is 11.3 Å². The van der Waals surface area contributed by atoms with E-state index >= 15 is 0 Å². The second-order valence-corrected chi connectivity index (χ2v) is 11.5. The summed E-state index contributed by atoms with van der Waals surface area (Å²) in [6, 6.07) is 21.7. The van der Waals surface area contributed by atoms with Gasteiger partial charge in [-0.25, -0.2) is 0 Å². The van der Waals surface area contributed by atoms with Crippen LogP contribution in [-0.4, -0.2) is 29.0 Å². The van der Waals surface area contributed by atoms with Crippen LogP contribution in [0.4, 0.5) is 25.2 Å². The first-order valence-electron chi connectivity index (χ1n) is 12.1. The topological polar surface area (TPSA) is 25.4 Å². The first-order chi connectivity index (χ1) is 16.8. The number of hydrogen-bond acceptors (Lipinski definition) is 3. The molecule has 198 valence electrons. The van der Waals surface area contributed by atoms with E-state index in [1.807, 2.05) is 6.20 Å². The van der Waals surface area contributed by atoms with Gasteiger partial charge in [0.25, 0.3) is 0 Å². The molecule has 2 aromatic carbocycles. The molecule has 6 rings (SSSR count). The Bertz CT molecular complexity index is 1160. The Morgan fingerprint density at radius 3 is 2.28 bits per heavy atom. The molecule has 3 aliphatic heterocycles. The van der Waals surface area contributed by atoms with Crippen molar-refractivity contribution in [3.8, 4) is 0 Å². The van der Waals surface area contributed by atoms with Gasteiger partial charge in [0, 0.05) is 24.2 Å². The Balaban J connectivity index is 0.000000384. The van der Waals surface area contributed by atoms with Crippen molar-refractivity contribution in [2.24, 2.45) is 11.8 Å². The molecule has 36 heavy (non-hydrogen) atoms. The number of para-hydroxylation sites is 1. The first kappa shape index (κ1) is 26.8. The van der Waals surface area contributed by atoms with Crippen molar-refractivity contribution in [1.29, 1.82) is 0 Å².